The Kier molecular flexibility index (Phi) is 12.7. The number of rotatable bonds is 13. The molecular formula is C19H41N. The van der Waals surface area contributed by atoms with Crippen molar-refractivity contribution in [1.82, 2.24) is 5.32 Å². The summed E-state index contributed by atoms with van der Waals surface area (Å²) >= 11 is 0. The molecule has 0 saturated carbocycles. The summed E-state index contributed by atoms with van der Waals surface area (Å²) in [5.74, 6) is 0. The minimum absolute atomic E-state index is 0.480. The fourth-order valence-electron chi connectivity index (χ4n) is 2.74. The Labute approximate surface area is 129 Å². The van der Waals surface area contributed by atoms with Crippen LogP contribution in [0, 0.1) is 5.41 Å². The Morgan fingerprint density at radius 1 is 0.750 bits per heavy atom. The average molecular weight is 284 g/mol. The summed E-state index contributed by atoms with van der Waals surface area (Å²) in [6.07, 6.45) is 16.9. The molecule has 0 aromatic rings. The van der Waals surface area contributed by atoms with E-state index in [1.54, 1.807) is 0 Å². The summed E-state index contributed by atoms with van der Waals surface area (Å²) in [4.78, 5) is 0. The Morgan fingerprint density at radius 2 is 1.25 bits per heavy atom. The SMILES string of the molecule is CCCCCCCCCCCC(CCC(C)(C)C)NC. The van der Waals surface area contributed by atoms with Gasteiger partial charge in [-0.25, -0.2) is 0 Å². The van der Waals surface area contributed by atoms with Crippen LogP contribution in [0.15, 0.2) is 0 Å². The van der Waals surface area contributed by atoms with Gasteiger partial charge < -0.3 is 5.32 Å². The zero-order valence-electron chi connectivity index (χ0n) is 15.1. The van der Waals surface area contributed by atoms with E-state index in [9.17, 15) is 0 Å². The lowest BCUT2D eigenvalue weighted by Crippen LogP contribution is -2.26. The lowest BCUT2D eigenvalue weighted by molar-refractivity contribution is 0.325. The van der Waals surface area contributed by atoms with Gasteiger partial charge in [-0.1, -0.05) is 85.5 Å². The average Bonchev–Trinajstić information content (AvgIpc) is 2.39. The predicted molar refractivity (Wildman–Crippen MR) is 93.4 cm³/mol. The van der Waals surface area contributed by atoms with Crippen LogP contribution in [0.1, 0.15) is 105 Å². The number of nitrogens with one attached hydrogen (secondary N) is 1. The maximum absolute atomic E-state index is 3.50. The van der Waals surface area contributed by atoms with E-state index in [4.69, 9.17) is 0 Å². The summed E-state index contributed by atoms with van der Waals surface area (Å²) in [5.41, 5.74) is 0.480. The zero-order valence-corrected chi connectivity index (χ0v) is 15.1. The first-order chi connectivity index (χ1) is 9.49. The van der Waals surface area contributed by atoms with Crippen molar-refractivity contribution in [1.29, 1.82) is 0 Å². The molecule has 122 valence electrons. The van der Waals surface area contributed by atoms with Crippen molar-refractivity contribution in [2.75, 3.05) is 7.05 Å². The molecule has 1 atom stereocenters. The van der Waals surface area contributed by atoms with Crippen LogP contribution in [0.3, 0.4) is 0 Å². The van der Waals surface area contributed by atoms with Gasteiger partial charge in [0, 0.05) is 6.04 Å². The van der Waals surface area contributed by atoms with Crippen molar-refractivity contribution in [3.63, 3.8) is 0 Å². The van der Waals surface area contributed by atoms with Gasteiger partial charge in [0.15, 0.2) is 0 Å². The quantitative estimate of drug-likeness (QED) is 0.390. The minimum atomic E-state index is 0.480. The van der Waals surface area contributed by atoms with E-state index in [0.29, 0.717) is 5.41 Å². The molecule has 0 aliphatic carbocycles. The summed E-state index contributed by atoms with van der Waals surface area (Å²) in [6, 6.07) is 0.735. The Morgan fingerprint density at radius 3 is 1.70 bits per heavy atom. The van der Waals surface area contributed by atoms with Crippen molar-refractivity contribution in [2.24, 2.45) is 5.41 Å². The van der Waals surface area contributed by atoms with Crippen LogP contribution >= 0.6 is 0 Å². The van der Waals surface area contributed by atoms with Crippen molar-refractivity contribution in [3.05, 3.63) is 0 Å². The van der Waals surface area contributed by atoms with Crippen LogP contribution in [0.4, 0.5) is 0 Å². The highest BCUT2D eigenvalue weighted by Crippen LogP contribution is 2.23. The summed E-state index contributed by atoms with van der Waals surface area (Å²) in [7, 11) is 2.13. The minimum Gasteiger partial charge on any atom is -0.317 e. The monoisotopic (exact) mass is 283 g/mol. The van der Waals surface area contributed by atoms with Crippen molar-refractivity contribution < 1.29 is 0 Å². The number of hydrogen-bond acceptors (Lipinski definition) is 1. The molecule has 0 aromatic heterocycles. The van der Waals surface area contributed by atoms with E-state index in [1.807, 2.05) is 0 Å². The lowest BCUT2D eigenvalue weighted by atomic mass is 9.87. The van der Waals surface area contributed by atoms with Crippen LogP contribution in [0.25, 0.3) is 0 Å². The highest BCUT2D eigenvalue weighted by molar-refractivity contribution is 4.70. The van der Waals surface area contributed by atoms with Crippen LogP contribution < -0.4 is 5.32 Å². The summed E-state index contributed by atoms with van der Waals surface area (Å²) in [6.45, 7) is 9.33. The molecular weight excluding hydrogens is 242 g/mol. The largest absolute Gasteiger partial charge is 0.317 e. The van der Waals surface area contributed by atoms with Crippen molar-refractivity contribution in [2.45, 2.75) is 111 Å². The van der Waals surface area contributed by atoms with Gasteiger partial charge in [0.05, 0.1) is 0 Å². The molecule has 0 aromatic carbocycles. The molecule has 0 aliphatic heterocycles. The van der Waals surface area contributed by atoms with Gasteiger partial charge in [0.2, 0.25) is 0 Å². The third-order valence-corrected chi connectivity index (χ3v) is 4.31. The molecule has 0 spiro atoms. The first-order valence-corrected chi connectivity index (χ1v) is 9.17. The Hall–Kier alpha value is -0.0400. The summed E-state index contributed by atoms with van der Waals surface area (Å²) < 4.78 is 0. The lowest BCUT2D eigenvalue weighted by Gasteiger charge is -2.23. The first-order valence-electron chi connectivity index (χ1n) is 9.17. The predicted octanol–water partition coefficient (Wildman–Crippen LogP) is 6.32. The van der Waals surface area contributed by atoms with Gasteiger partial charge >= 0.3 is 0 Å². The second-order valence-corrected chi connectivity index (χ2v) is 7.70. The second-order valence-electron chi connectivity index (χ2n) is 7.70. The molecule has 0 amide bonds. The second kappa shape index (κ2) is 12.7. The highest BCUT2D eigenvalue weighted by Gasteiger charge is 2.13. The van der Waals surface area contributed by atoms with Crippen LogP contribution in [0.2, 0.25) is 0 Å². The molecule has 20 heavy (non-hydrogen) atoms. The Balaban J connectivity index is 3.38. The van der Waals surface area contributed by atoms with E-state index in [-0.39, 0.29) is 0 Å². The molecule has 0 fully saturated rings. The van der Waals surface area contributed by atoms with Crippen LogP contribution in [0.5, 0.6) is 0 Å². The van der Waals surface area contributed by atoms with E-state index in [1.165, 1.54) is 77.0 Å². The van der Waals surface area contributed by atoms with Crippen molar-refractivity contribution >= 4 is 0 Å². The standard InChI is InChI=1S/C19H41N/c1-6-7-8-9-10-11-12-13-14-15-18(20-5)16-17-19(2,3)4/h18,20H,6-17H2,1-5H3. The number of hydrogen-bond donors (Lipinski definition) is 1. The van der Waals surface area contributed by atoms with E-state index in [0.717, 1.165) is 6.04 Å². The molecule has 0 saturated heterocycles. The van der Waals surface area contributed by atoms with Gasteiger partial charge in [0.1, 0.15) is 0 Å². The van der Waals surface area contributed by atoms with Gasteiger partial charge in [-0.2, -0.15) is 0 Å². The molecule has 1 N–H and O–H groups in total. The fraction of sp³-hybridized carbons (Fsp3) is 1.00. The maximum atomic E-state index is 3.50. The van der Waals surface area contributed by atoms with E-state index >= 15 is 0 Å². The third-order valence-electron chi connectivity index (χ3n) is 4.31. The molecule has 0 bridgehead atoms. The van der Waals surface area contributed by atoms with Gasteiger partial charge in [0.25, 0.3) is 0 Å². The maximum Gasteiger partial charge on any atom is 0.00642 e. The normalized spacial score (nSPS) is 13.7. The Bertz CT molecular complexity index is 192. The molecule has 0 aliphatic rings. The topological polar surface area (TPSA) is 12.0 Å². The first kappa shape index (κ1) is 20.0. The molecule has 0 radical (unpaired) electrons. The molecule has 1 heteroatoms. The summed E-state index contributed by atoms with van der Waals surface area (Å²) in [5, 5.41) is 3.50. The molecule has 0 rings (SSSR count). The molecule has 0 heterocycles. The van der Waals surface area contributed by atoms with Gasteiger partial charge in [-0.05, 0) is 31.7 Å². The molecule has 1 unspecified atom stereocenters. The van der Waals surface area contributed by atoms with Gasteiger partial charge in [-0.15, -0.1) is 0 Å². The van der Waals surface area contributed by atoms with E-state index < -0.39 is 0 Å². The molecule has 1 nitrogen and oxygen atoms in total. The fourth-order valence-corrected chi connectivity index (χ4v) is 2.74. The zero-order chi connectivity index (χ0) is 15.3. The van der Waals surface area contributed by atoms with Crippen LogP contribution in [-0.4, -0.2) is 13.1 Å². The van der Waals surface area contributed by atoms with Crippen LogP contribution in [-0.2, 0) is 0 Å². The smallest absolute Gasteiger partial charge is 0.00642 e. The number of unbranched alkanes of at least 4 members (excludes halogenated alkanes) is 8. The van der Waals surface area contributed by atoms with E-state index in [2.05, 4.69) is 40.1 Å². The third kappa shape index (κ3) is 14.4. The van der Waals surface area contributed by atoms with Gasteiger partial charge in [-0.3, -0.25) is 0 Å². The highest BCUT2D eigenvalue weighted by atomic mass is 14.9. The van der Waals surface area contributed by atoms with Crippen molar-refractivity contribution in [3.8, 4) is 0 Å².